The van der Waals surface area contributed by atoms with Crippen molar-refractivity contribution in [1.82, 2.24) is 9.55 Å². The number of aromatic nitrogens is 2. The van der Waals surface area contributed by atoms with E-state index in [1.54, 1.807) is 0 Å². The molecule has 0 aliphatic carbocycles. The summed E-state index contributed by atoms with van der Waals surface area (Å²) in [6, 6.07) is 9.30. The smallest absolute Gasteiger partial charge is 0.404 e. The molecule has 2 aromatic carbocycles. The third-order valence-electron chi connectivity index (χ3n) is 5.48. The number of ether oxygens (including phenoxy) is 2. The minimum absolute atomic E-state index is 0.0156. The van der Waals surface area contributed by atoms with Gasteiger partial charge < -0.3 is 19.4 Å². The summed E-state index contributed by atoms with van der Waals surface area (Å²) in [6.45, 7) is 2.31. The van der Waals surface area contributed by atoms with Gasteiger partial charge in [-0.15, -0.1) is 0 Å². The Balaban J connectivity index is 1.88. The van der Waals surface area contributed by atoms with Crippen LogP contribution in [0.1, 0.15) is 25.0 Å². The second kappa shape index (κ2) is 12.5. The van der Waals surface area contributed by atoms with E-state index in [0.29, 0.717) is 16.8 Å². The second-order valence-corrected chi connectivity index (χ2v) is 13.6. The van der Waals surface area contributed by atoms with Gasteiger partial charge in [0.15, 0.2) is 9.84 Å². The van der Waals surface area contributed by atoms with Gasteiger partial charge in [0.2, 0.25) is 6.29 Å². The minimum Gasteiger partial charge on any atom is -0.462 e. The van der Waals surface area contributed by atoms with E-state index in [-0.39, 0.29) is 22.4 Å². The summed E-state index contributed by atoms with van der Waals surface area (Å²) in [7, 11) is -9.15. The van der Waals surface area contributed by atoms with Crippen molar-refractivity contribution in [3.8, 4) is 11.3 Å². The summed E-state index contributed by atoms with van der Waals surface area (Å²) in [5.41, 5.74) is -4.44. The molecule has 1 heterocycles. The number of alkyl halides is 2. The van der Waals surface area contributed by atoms with Gasteiger partial charge in [-0.3, -0.25) is 18.5 Å². The minimum atomic E-state index is -5.73. The van der Waals surface area contributed by atoms with Crippen LogP contribution in [0.5, 0.6) is 0 Å². The lowest BCUT2D eigenvalue weighted by Gasteiger charge is -2.27. The Bertz CT molecular complexity index is 1570. The van der Waals surface area contributed by atoms with Crippen molar-refractivity contribution >= 4 is 39.8 Å². The average molecular weight is 667 g/mol. The largest absolute Gasteiger partial charge is 0.462 e. The SMILES string of the molecule is CC(C)OC(COC=O)OP(=O)(O)C(F)(F)c1ccc(Cn2c(-c3ccc(S(C)(=O)=O)cc3)c[nH]c2=O)cc1Br. The molecule has 0 aliphatic rings. The molecule has 1 aromatic heterocycles. The predicted octanol–water partition coefficient (Wildman–Crippen LogP) is 4.23. The fourth-order valence-corrected chi connectivity index (χ4v) is 6.16. The van der Waals surface area contributed by atoms with Gasteiger partial charge in [0.1, 0.15) is 6.61 Å². The molecule has 2 atom stereocenters. The number of hydrogen-bond acceptors (Lipinski definition) is 8. The van der Waals surface area contributed by atoms with Crippen LogP contribution in [-0.4, -0.2) is 54.6 Å². The third-order valence-corrected chi connectivity index (χ3v) is 8.74. The van der Waals surface area contributed by atoms with Gasteiger partial charge in [0.05, 0.1) is 23.2 Å². The number of H-pyrrole nitrogens is 1. The Hall–Kier alpha value is -2.68. The number of carbonyl (C=O) groups excluding carboxylic acids is 1. The summed E-state index contributed by atoms with van der Waals surface area (Å²) in [6.07, 6.45) is 0.175. The predicted molar refractivity (Wildman–Crippen MR) is 144 cm³/mol. The molecule has 16 heteroatoms. The van der Waals surface area contributed by atoms with Crippen LogP contribution in [0.2, 0.25) is 0 Å². The molecule has 0 aliphatic heterocycles. The van der Waals surface area contributed by atoms with Crippen LogP contribution >= 0.6 is 23.5 Å². The van der Waals surface area contributed by atoms with Crippen molar-refractivity contribution < 1.29 is 45.4 Å². The first-order chi connectivity index (χ1) is 18.6. The first-order valence-electron chi connectivity index (χ1n) is 11.5. The molecule has 0 saturated carbocycles. The van der Waals surface area contributed by atoms with Crippen molar-refractivity contribution in [2.24, 2.45) is 0 Å². The molecular formula is C24H26BrF2N2O9PS. The zero-order chi connectivity index (χ0) is 29.9. The van der Waals surface area contributed by atoms with Gasteiger partial charge in [-0.2, -0.15) is 8.78 Å². The van der Waals surface area contributed by atoms with Crippen LogP contribution in [0.25, 0.3) is 11.3 Å². The number of imidazole rings is 1. The zero-order valence-electron chi connectivity index (χ0n) is 21.4. The number of rotatable bonds is 13. The number of halogens is 3. The Kier molecular flexibility index (Phi) is 9.91. The van der Waals surface area contributed by atoms with E-state index in [4.69, 9.17) is 9.26 Å². The first-order valence-corrected chi connectivity index (χ1v) is 15.8. The molecule has 0 fully saturated rings. The lowest BCUT2D eigenvalue weighted by atomic mass is 10.1. The summed E-state index contributed by atoms with van der Waals surface area (Å²) < 4.78 is 82.0. The van der Waals surface area contributed by atoms with Crippen molar-refractivity contribution in [2.45, 2.75) is 43.3 Å². The van der Waals surface area contributed by atoms with Crippen molar-refractivity contribution in [3.05, 3.63) is 74.7 Å². The quantitative estimate of drug-likeness (QED) is 0.155. The van der Waals surface area contributed by atoms with E-state index >= 15 is 8.78 Å². The Morgan fingerprint density at radius 2 is 1.85 bits per heavy atom. The number of sulfone groups is 1. The van der Waals surface area contributed by atoms with E-state index in [2.05, 4.69) is 25.7 Å². The lowest BCUT2D eigenvalue weighted by molar-refractivity contribution is -0.161. The molecule has 3 rings (SSSR count). The summed E-state index contributed by atoms with van der Waals surface area (Å²) in [5.74, 6) is 0. The van der Waals surface area contributed by atoms with E-state index < -0.39 is 53.4 Å². The van der Waals surface area contributed by atoms with E-state index in [0.717, 1.165) is 12.3 Å². The molecule has 0 amide bonds. The maximum absolute atomic E-state index is 15.3. The highest BCUT2D eigenvalue weighted by Crippen LogP contribution is 2.64. The van der Waals surface area contributed by atoms with Crippen molar-refractivity contribution in [1.29, 1.82) is 0 Å². The van der Waals surface area contributed by atoms with Gasteiger partial charge in [0.25, 0.3) is 6.47 Å². The van der Waals surface area contributed by atoms with Crippen LogP contribution in [0.4, 0.5) is 8.78 Å². The van der Waals surface area contributed by atoms with Crippen LogP contribution in [0.3, 0.4) is 0 Å². The van der Waals surface area contributed by atoms with Crippen LogP contribution < -0.4 is 5.69 Å². The first kappa shape index (κ1) is 31.8. The lowest BCUT2D eigenvalue weighted by Crippen LogP contribution is -2.28. The fraction of sp³-hybridized carbons (Fsp3) is 0.333. The molecule has 2 unspecified atom stereocenters. The molecule has 0 radical (unpaired) electrons. The molecular weight excluding hydrogens is 641 g/mol. The fourth-order valence-electron chi connectivity index (χ4n) is 3.64. The normalized spacial score (nSPS) is 14.6. The number of nitrogens with one attached hydrogen (secondary N) is 1. The van der Waals surface area contributed by atoms with Crippen LogP contribution in [0, 0.1) is 0 Å². The Labute approximate surface area is 236 Å². The molecule has 0 bridgehead atoms. The highest BCUT2D eigenvalue weighted by Gasteiger charge is 2.55. The molecule has 11 nitrogen and oxygen atoms in total. The molecule has 2 N–H and O–H groups in total. The van der Waals surface area contributed by atoms with Gasteiger partial charge in [0, 0.05) is 22.5 Å². The highest BCUT2D eigenvalue weighted by atomic mass is 79.9. The number of nitrogens with zero attached hydrogens (tertiary/aromatic N) is 1. The second-order valence-electron chi connectivity index (χ2n) is 8.89. The maximum atomic E-state index is 15.3. The highest BCUT2D eigenvalue weighted by molar-refractivity contribution is 9.10. The number of carbonyl (C=O) groups is 1. The number of hydrogen-bond donors (Lipinski definition) is 2. The molecule has 3 aromatic rings. The average Bonchev–Trinajstić information content (AvgIpc) is 3.21. The molecule has 218 valence electrons. The van der Waals surface area contributed by atoms with Crippen LogP contribution in [-0.2, 0) is 45.4 Å². The Morgan fingerprint density at radius 1 is 1.20 bits per heavy atom. The Morgan fingerprint density at radius 3 is 2.40 bits per heavy atom. The van der Waals surface area contributed by atoms with Gasteiger partial charge in [-0.05, 0) is 43.2 Å². The van der Waals surface area contributed by atoms with Gasteiger partial charge in [-0.25, -0.2) is 13.2 Å². The van der Waals surface area contributed by atoms with Gasteiger partial charge in [-0.1, -0.05) is 40.2 Å². The molecule has 40 heavy (non-hydrogen) atoms. The standard InChI is InChI=1S/C24H26BrF2N2O9PS/c1-15(2)37-22(13-36-14-30)38-39(32,33)24(26,27)19-9-4-16(10-20(19)25)12-29-21(11-28-23(29)31)17-5-7-18(8-6-17)40(3,34)35/h4-11,14-15,22H,12-13H2,1-3H3,(H,28,31)(H,32,33). The summed E-state index contributed by atoms with van der Waals surface area (Å²) >= 11 is 3.01. The maximum Gasteiger partial charge on any atom is 0.404 e. The summed E-state index contributed by atoms with van der Waals surface area (Å²) in [5, 5.41) is 0. The number of aromatic amines is 1. The molecule has 0 saturated heterocycles. The topological polar surface area (TPSA) is 154 Å². The molecule has 0 spiro atoms. The third kappa shape index (κ3) is 7.33. The van der Waals surface area contributed by atoms with Gasteiger partial charge >= 0.3 is 18.9 Å². The monoisotopic (exact) mass is 666 g/mol. The zero-order valence-corrected chi connectivity index (χ0v) is 24.7. The summed E-state index contributed by atoms with van der Waals surface area (Å²) in [4.78, 5) is 35.8. The van der Waals surface area contributed by atoms with E-state index in [9.17, 15) is 27.5 Å². The van der Waals surface area contributed by atoms with E-state index in [1.165, 1.54) is 61.0 Å². The number of benzene rings is 2. The van der Waals surface area contributed by atoms with Crippen molar-refractivity contribution in [3.63, 3.8) is 0 Å². The van der Waals surface area contributed by atoms with Crippen molar-refractivity contribution in [2.75, 3.05) is 12.9 Å². The van der Waals surface area contributed by atoms with Crippen LogP contribution in [0.15, 0.2) is 62.8 Å². The van der Waals surface area contributed by atoms with E-state index in [1.807, 2.05) is 0 Å².